The van der Waals surface area contributed by atoms with Crippen molar-refractivity contribution in [2.24, 2.45) is 5.92 Å². The van der Waals surface area contributed by atoms with Gasteiger partial charge in [0.05, 0.1) is 12.3 Å². The monoisotopic (exact) mass is 301 g/mol. The van der Waals surface area contributed by atoms with Crippen LogP contribution in [0.4, 0.5) is 0 Å². The highest BCUT2D eigenvalue weighted by molar-refractivity contribution is 5.96. The number of esters is 1. The quantitative estimate of drug-likeness (QED) is 0.811. The van der Waals surface area contributed by atoms with Crippen molar-refractivity contribution in [3.8, 4) is 11.3 Å². The van der Waals surface area contributed by atoms with Gasteiger partial charge in [-0.1, -0.05) is 35.5 Å². The number of nitrogens with zero attached hydrogens (tertiary/aromatic N) is 1. The third-order valence-corrected chi connectivity index (χ3v) is 3.89. The van der Waals surface area contributed by atoms with Gasteiger partial charge in [0.1, 0.15) is 5.56 Å². The van der Waals surface area contributed by atoms with Crippen LogP contribution >= 0.6 is 0 Å². The Morgan fingerprint density at radius 3 is 2.73 bits per heavy atom. The fraction of sp³-hybridized carbons (Fsp3) is 0.412. The molecule has 2 heterocycles. The predicted molar refractivity (Wildman–Crippen MR) is 80.5 cm³/mol. The molecule has 0 spiro atoms. The van der Waals surface area contributed by atoms with Gasteiger partial charge >= 0.3 is 5.97 Å². The fourth-order valence-corrected chi connectivity index (χ4v) is 2.58. The number of aryl methyl sites for hydroxylation is 1. The van der Waals surface area contributed by atoms with E-state index in [-0.39, 0.29) is 5.97 Å². The van der Waals surface area contributed by atoms with E-state index in [1.165, 1.54) is 0 Å². The van der Waals surface area contributed by atoms with Crippen LogP contribution in [0.1, 0.15) is 28.9 Å². The Morgan fingerprint density at radius 1 is 1.27 bits per heavy atom. The van der Waals surface area contributed by atoms with Gasteiger partial charge in [-0.2, -0.15) is 0 Å². The first-order valence-corrected chi connectivity index (χ1v) is 7.52. The van der Waals surface area contributed by atoms with Crippen molar-refractivity contribution in [1.82, 2.24) is 5.16 Å². The molecule has 3 rings (SSSR count). The van der Waals surface area contributed by atoms with Crippen molar-refractivity contribution in [2.75, 3.05) is 19.8 Å². The average molecular weight is 301 g/mol. The van der Waals surface area contributed by atoms with Crippen LogP contribution in [-0.4, -0.2) is 30.9 Å². The van der Waals surface area contributed by atoms with E-state index in [1.54, 1.807) is 6.92 Å². The van der Waals surface area contributed by atoms with Gasteiger partial charge in [0.15, 0.2) is 5.76 Å². The Morgan fingerprint density at radius 2 is 2.00 bits per heavy atom. The van der Waals surface area contributed by atoms with E-state index < -0.39 is 0 Å². The summed E-state index contributed by atoms with van der Waals surface area (Å²) in [6.45, 7) is 3.65. The molecule has 0 amide bonds. The lowest BCUT2D eigenvalue weighted by atomic mass is 10.0. The first-order valence-electron chi connectivity index (χ1n) is 7.52. The van der Waals surface area contributed by atoms with Crippen LogP contribution in [0.3, 0.4) is 0 Å². The molecule has 1 aromatic carbocycles. The van der Waals surface area contributed by atoms with Gasteiger partial charge in [-0.25, -0.2) is 4.79 Å². The minimum absolute atomic E-state index is 0.371. The van der Waals surface area contributed by atoms with Crippen LogP contribution in [0.5, 0.6) is 0 Å². The zero-order chi connectivity index (χ0) is 15.4. The largest absolute Gasteiger partial charge is 0.462 e. The van der Waals surface area contributed by atoms with E-state index in [9.17, 15) is 4.79 Å². The number of hydrogen-bond acceptors (Lipinski definition) is 5. The highest BCUT2D eigenvalue weighted by Gasteiger charge is 2.24. The number of hydrogen-bond donors (Lipinski definition) is 0. The van der Waals surface area contributed by atoms with E-state index in [4.69, 9.17) is 14.0 Å². The molecule has 0 bridgehead atoms. The normalized spacial score (nSPS) is 15.7. The van der Waals surface area contributed by atoms with Crippen LogP contribution in [0.2, 0.25) is 0 Å². The number of benzene rings is 1. The maximum atomic E-state index is 12.4. The van der Waals surface area contributed by atoms with E-state index in [1.807, 2.05) is 30.3 Å². The number of ether oxygens (including phenoxy) is 2. The first-order chi connectivity index (χ1) is 10.8. The summed E-state index contributed by atoms with van der Waals surface area (Å²) in [5, 5.41) is 3.91. The molecule has 0 radical (unpaired) electrons. The molecule has 5 heteroatoms. The fourth-order valence-electron chi connectivity index (χ4n) is 2.58. The van der Waals surface area contributed by atoms with Gasteiger partial charge in [-0.15, -0.1) is 0 Å². The summed E-state index contributed by atoms with van der Waals surface area (Å²) in [6, 6.07) is 9.47. The molecular weight excluding hydrogens is 282 g/mol. The Hall–Kier alpha value is -2.14. The van der Waals surface area contributed by atoms with Gasteiger partial charge < -0.3 is 14.0 Å². The van der Waals surface area contributed by atoms with Crippen molar-refractivity contribution >= 4 is 5.97 Å². The lowest BCUT2D eigenvalue weighted by molar-refractivity contribution is 0.0185. The predicted octanol–water partition coefficient (Wildman–Crippen LogP) is 3.23. The summed E-state index contributed by atoms with van der Waals surface area (Å²) in [5.74, 6) is 0.470. The molecule has 116 valence electrons. The minimum atomic E-state index is -0.371. The van der Waals surface area contributed by atoms with Gasteiger partial charge in [-0.3, -0.25) is 0 Å². The Bertz CT molecular complexity index is 629. The van der Waals surface area contributed by atoms with E-state index in [0.717, 1.165) is 31.6 Å². The molecule has 0 saturated carbocycles. The number of rotatable bonds is 4. The molecule has 5 nitrogen and oxygen atoms in total. The molecule has 1 fully saturated rings. The minimum Gasteiger partial charge on any atom is -0.462 e. The highest BCUT2D eigenvalue weighted by Crippen LogP contribution is 2.27. The first kappa shape index (κ1) is 14.8. The maximum Gasteiger partial charge on any atom is 0.344 e. The van der Waals surface area contributed by atoms with Crippen LogP contribution < -0.4 is 0 Å². The van der Waals surface area contributed by atoms with E-state index >= 15 is 0 Å². The molecule has 1 aliphatic rings. The van der Waals surface area contributed by atoms with Crippen molar-refractivity contribution in [3.05, 3.63) is 41.6 Å². The van der Waals surface area contributed by atoms with Crippen LogP contribution in [-0.2, 0) is 9.47 Å². The lowest BCUT2D eigenvalue weighted by Crippen LogP contribution is -2.22. The topological polar surface area (TPSA) is 61.6 Å². The molecule has 0 unspecified atom stereocenters. The Labute approximate surface area is 129 Å². The molecule has 0 N–H and O–H groups in total. The van der Waals surface area contributed by atoms with Gasteiger partial charge in [0.2, 0.25) is 0 Å². The SMILES string of the molecule is Cc1noc(-c2ccccc2)c1C(=O)OCC1CCOCC1. The summed E-state index contributed by atoms with van der Waals surface area (Å²) in [7, 11) is 0. The second-order valence-electron chi connectivity index (χ2n) is 5.49. The van der Waals surface area contributed by atoms with Gasteiger partial charge in [0, 0.05) is 18.8 Å². The summed E-state index contributed by atoms with van der Waals surface area (Å²) >= 11 is 0. The zero-order valence-corrected chi connectivity index (χ0v) is 12.6. The third kappa shape index (κ3) is 3.20. The number of carbonyl (C=O) groups excluding carboxylic acids is 1. The summed E-state index contributed by atoms with van der Waals surface area (Å²) in [5.41, 5.74) is 1.79. The van der Waals surface area contributed by atoms with Gasteiger partial charge in [0.25, 0.3) is 0 Å². The van der Waals surface area contributed by atoms with Gasteiger partial charge in [-0.05, 0) is 25.7 Å². The second kappa shape index (κ2) is 6.75. The van der Waals surface area contributed by atoms with E-state index in [0.29, 0.717) is 29.5 Å². The highest BCUT2D eigenvalue weighted by atomic mass is 16.5. The standard InChI is InChI=1S/C17H19NO4/c1-12-15(16(22-18-12)14-5-3-2-4-6-14)17(19)21-11-13-7-9-20-10-8-13/h2-6,13H,7-11H2,1H3. The van der Waals surface area contributed by atoms with Crippen LogP contribution in [0, 0.1) is 12.8 Å². The van der Waals surface area contributed by atoms with E-state index in [2.05, 4.69) is 5.16 Å². The second-order valence-corrected chi connectivity index (χ2v) is 5.49. The summed E-state index contributed by atoms with van der Waals surface area (Å²) < 4.78 is 16.1. The molecule has 2 aromatic rings. The summed E-state index contributed by atoms with van der Waals surface area (Å²) in [4.78, 5) is 12.4. The molecule has 22 heavy (non-hydrogen) atoms. The summed E-state index contributed by atoms with van der Waals surface area (Å²) in [6.07, 6.45) is 1.86. The molecular formula is C17H19NO4. The molecule has 1 saturated heterocycles. The average Bonchev–Trinajstić information content (AvgIpc) is 2.96. The van der Waals surface area contributed by atoms with Crippen molar-refractivity contribution in [2.45, 2.75) is 19.8 Å². The van der Waals surface area contributed by atoms with Crippen molar-refractivity contribution in [1.29, 1.82) is 0 Å². The lowest BCUT2D eigenvalue weighted by Gasteiger charge is -2.21. The number of carbonyl (C=O) groups is 1. The Balaban J connectivity index is 1.73. The molecule has 0 aliphatic carbocycles. The maximum absolute atomic E-state index is 12.4. The third-order valence-electron chi connectivity index (χ3n) is 3.89. The van der Waals surface area contributed by atoms with Crippen LogP contribution in [0.25, 0.3) is 11.3 Å². The van der Waals surface area contributed by atoms with Crippen molar-refractivity contribution < 1.29 is 18.8 Å². The molecule has 0 atom stereocenters. The zero-order valence-electron chi connectivity index (χ0n) is 12.6. The van der Waals surface area contributed by atoms with Crippen LogP contribution in [0.15, 0.2) is 34.9 Å². The smallest absolute Gasteiger partial charge is 0.344 e. The number of aromatic nitrogens is 1. The molecule has 1 aromatic heterocycles. The molecule has 1 aliphatic heterocycles. The Kier molecular flexibility index (Phi) is 4.53. The van der Waals surface area contributed by atoms with Crippen molar-refractivity contribution in [3.63, 3.8) is 0 Å².